The number of carbonyl (C=O) groups is 3. The zero-order chi connectivity index (χ0) is 55.7. The maximum atomic E-state index is 12.9. The van der Waals surface area contributed by atoms with E-state index >= 15 is 0 Å². The summed E-state index contributed by atoms with van der Waals surface area (Å²) in [5, 5.41) is 0. The molecule has 77 heavy (non-hydrogen) atoms. The second-order valence-corrected chi connectivity index (χ2v) is 20.6. The zero-order valence-corrected chi connectivity index (χ0v) is 49.9. The van der Waals surface area contributed by atoms with Gasteiger partial charge in [0.2, 0.25) is 0 Å². The van der Waals surface area contributed by atoms with Gasteiger partial charge in [0.1, 0.15) is 13.2 Å². The fourth-order valence-electron chi connectivity index (χ4n) is 8.52. The first-order valence-electron chi connectivity index (χ1n) is 31.7. The number of unbranched alkanes of at least 4 members (excludes halogenated alkanes) is 24. The summed E-state index contributed by atoms with van der Waals surface area (Å²) in [5.74, 6) is -1.06. The van der Waals surface area contributed by atoms with Gasteiger partial charge >= 0.3 is 17.9 Å². The molecular formula is C71H116O6. The van der Waals surface area contributed by atoms with Crippen molar-refractivity contribution in [3.8, 4) is 0 Å². The summed E-state index contributed by atoms with van der Waals surface area (Å²) in [6, 6.07) is 0. The molecule has 0 aromatic heterocycles. The van der Waals surface area contributed by atoms with Crippen LogP contribution in [0.25, 0.3) is 0 Å². The molecule has 436 valence electrons. The van der Waals surface area contributed by atoms with Gasteiger partial charge in [-0.05, 0) is 96.3 Å². The van der Waals surface area contributed by atoms with Gasteiger partial charge < -0.3 is 14.2 Å². The molecule has 0 aromatic rings. The lowest BCUT2D eigenvalue weighted by molar-refractivity contribution is -0.166. The maximum Gasteiger partial charge on any atom is 0.309 e. The Morgan fingerprint density at radius 1 is 0.286 bits per heavy atom. The lowest BCUT2D eigenvalue weighted by Crippen LogP contribution is -2.30. The minimum absolute atomic E-state index is 0.118. The molecule has 0 fully saturated rings. The minimum Gasteiger partial charge on any atom is -0.462 e. The number of hydrogen-bond acceptors (Lipinski definition) is 6. The van der Waals surface area contributed by atoms with Gasteiger partial charge in [0.05, 0.1) is 6.42 Å². The van der Waals surface area contributed by atoms with Crippen LogP contribution in [0.4, 0.5) is 0 Å². The molecule has 0 aliphatic carbocycles. The van der Waals surface area contributed by atoms with Gasteiger partial charge in [-0.25, -0.2) is 0 Å². The van der Waals surface area contributed by atoms with E-state index in [4.69, 9.17) is 14.2 Å². The molecule has 0 saturated heterocycles. The topological polar surface area (TPSA) is 78.9 Å². The van der Waals surface area contributed by atoms with Crippen LogP contribution in [-0.4, -0.2) is 37.2 Å². The highest BCUT2D eigenvalue weighted by molar-refractivity contribution is 5.72. The van der Waals surface area contributed by atoms with Crippen LogP contribution < -0.4 is 0 Å². The Morgan fingerprint density at radius 3 is 0.909 bits per heavy atom. The number of esters is 3. The molecule has 0 aliphatic heterocycles. The monoisotopic (exact) mass is 1060 g/mol. The fourth-order valence-corrected chi connectivity index (χ4v) is 8.52. The first-order valence-corrected chi connectivity index (χ1v) is 31.7. The molecule has 0 rings (SSSR count). The maximum absolute atomic E-state index is 12.9. The summed E-state index contributed by atoms with van der Waals surface area (Å²) in [7, 11) is 0. The van der Waals surface area contributed by atoms with Gasteiger partial charge in [-0.15, -0.1) is 0 Å². The number of carbonyl (C=O) groups excluding carboxylic acids is 3. The van der Waals surface area contributed by atoms with Crippen molar-refractivity contribution in [3.63, 3.8) is 0 Å². The Kier molecular flexibility index (Phi) is 60.4. The third kappa shape index (κ3) is 62.3. The van der Waals surface area contributed by atoms with E-state index < -0.39 is 12.1 Å². The van der Waals surface area contributed by atoms with Crippen molar-refractivity contribution in [2.24, 2.45) is 0 Å². The fraction of sp³-hybridized carbons (Fsp3) is 0.648. The molecule has 0 aromatic carbocycles. The first-order chi connectivity index (χ1) is 38.0. The van der Waals surface area contributed by atoms with Crippen molar-refractivity contribution >= 4 is 17.9 Å². The van der Waals surface area contributed by atoms with Gasteiger partial charge in [0.15, 0.2) is 6.10 Å². The third-order valence-electron chi connectivity index (χ3n) is 13.2. The number of ether oxygens (including phenoxy) is 3. The van der Waals surface area contributed by atoms with E-state index in [-0.39, 0.29) is 31.6 Å². The normalized spacial score (nSPS) is 13.0. The standard InChI is InChI=1S/C71H116O6/c1-4-7-10-13-16-19-22-25-28-30-32-33-34-35-36-37-39-40-43-46-49-52-55-58-61-64-70(73)76-67-68(66-75-69(72)63-60-57-54-51-48-45-42-27-24-21-18-15-12-9-6-3)77-71(74)65-62-59-56-53-50-47-44-41-38-31-29-26-23-20-17-14-11-8-5-2/h7,9-10,12,16,18-19,21,25,27-28,32-33,35-36,39-40,42,48,51,57,60,68H,4-6,8,11,13-15,17,20,22-24,26,29-31,34,37-38,41,43-47,49-50,52-56,58-59,61-67H2,1-3H3/b10-7-,12-9-,19-16-,21-18-,28-25-,33-32-,36-35-,40-39-,42-27-,51-48-,60-57-. The molecule has 0 N–H and O–H groups in total. The smallest absolute Gasteiger partial charge is 0.309 e. The van der Waals surface area contributed by atoms with Gasteiger partial charge in [-0.2, -0.15) is 0 Å². The van der Waals surface area contributed by atoms with Crippen LogP contribution in [-0.2, 0) is 28.6 Å². The van der Waals surface area contributed by atoms with E-state index in [1.807, 2.05) is 6.08 Å². The lowest BCUT2D eigenvalue weighted by atomic mass is 10.0. The minimum atomic E-state index is -0.828. The molecule has 1 atom stereocenters. The second kappa shape index (κ2) is 64.1. The molecular weight excluding hydrogens is 949 g/mol. The van der Waals surface area contributed by atoms with Crippen LogP contribution in [0, 0.1) is 0 Å². The predicted octanol–water partition coefficient (Wildman–Crippen LogP) is 21.8. The zero-order valence-electron chi connectivity index (χ0n) is 49.9. The Hall–Kier alpha value is -4.45. The molecule has 0 bridgehead atoms. The molecule has 0 spiro atoms. The number of allylic oxidation sites excluding steroid dienone is 21. The summed E-state index contributed by atoms with van der Waals surface area (Å²) in [5.41, 5.74) is 0. The van der Waals surface area contributed by atoms with Crippen LogP contribution in [0.5, 0.6) is 0 Å². The Labute approximate surface area is 475 Å². The molecule has 0 aliphatic rings. The van der Waals surface area contributed by atoms with Crippen molar-refractivity contribution in [2.75, 3.05) is 13.2 Å². The molecule has 0 radical (unpaired) electrons. The van der Waals surface area contributed by atoms with E-state index in [1.54, 1.807) is 6.08 Å². The van der Waals surface area contributed by atoms with Gasteiger partial charge in [-0.3, -0.25) is 14.4 Å². The predicted molar refractivity (Wildman–Crippen MR) is 334 cm³/mol. The molecule has 0 heterocycles. The van der Waals surface area contributed by atoms with Gasteiger partial charge in [-0.1, -0.05) is 296 Å². The quantitative estimate of drug-likeness (QED) is 0.0261. The number of rotatable bonds is 56. The highest BCUT2D eigenvalue weighted by Gasteiger charge is 2.19. The van der Waals surface area contributed by atoms with Crippen molar-refractivity contribution in [1.29, 1.82) is 0 Å². The highest BCUT2D eigenvalue weighted by atomic mass is 16.6. The summed E-state index contributed by atoms with van der Waals surface area (Å²) < 4.78 is 16.8. The largest absolute Gasteiger partial charge is 0.462 e. The van der Waals surface area contributed by atoms with Crippen LogP contribution in [0.1, 0.15) is 278 Å². The van der Waals surface area contributed by atoms with E-state index in [9.17, 15) is 14.4 Å². The van der Waals surface area contributed by atoms with Crippen molar-refractivity contribution in [1.82, 2.24) is 0 Å². The van der Waals surface area contributed by atoms with Gasteiger partial charge in [0.25, 0.3) is 0 Å². The van der Waals surface area contributed by atoms with Crippen LogP contribution >= 0.6 is 0 Å². The summed E-state index contributed by atoms with van der Waals surface area (Å²) in [4.78, 5) is 38.2. The summed E-state index contributed by atoms with van der Waals surface area (Å²) in [6.07, 6.45) is 90.5. The second-order valence-electron chi connectivity index (χ2n) is 20.6. The molecule has 6 heteroatoms. The highest BCUT2D eigenvalue weighted by Crippen LogP contribution is 2.16. The van der Waals surface area contributed by atoms with E-state index in [1.165, 1.54) is 116 Å². The first kappa shape index (κ1) is 72.5. The lowest BCUT2D eigenvalue weighted by Gasteiger charge is -2.18. The van der Waals surface area contributed by atoms with Crippen LogP contribution in [0.3, 0.4) is 0 Å². The summed E-state index contributed by atoms with van der Waals surface area (Å²) in [6.45, 7) is 6.33. The van der Waals surface area contributed by atoms with Crippen molar-refractivity contribution in [2.45, 2.75) is 284 Å². The molecule has 1 unspecified atom stereocenters. The SMILES string of the molecule is CC/C=C\C/C=C\C/C=C\C/C=C\C/C=C\C/C=C\CCCCCCCCC(=O)OCC(COC(=O)C/C=C\C/C=C\C/C=C\C/C=C\C/C=C\CC)OC(=O)CCCCCCCCCCCCCCCCCCCCC. The van der Waals surface area contributed by atoms with E-state index in [0.29, 0.717) is 12.8 Å². The Balaban J connectivity index is 4.47. The van der Waals surface area contributed by atoms with Gasteiger partial charge in [0, 0.05) is 12.8 Å². The number of hydrogen-bond donors (Lipinski definition) is 0. The average molecular weight is 1070 g/mol. The third-order valence-corrected chi connectivity index (χ3v) is 13.2. The van der Waals surface area contributed by atoms with E-state index in [0.717, 1.165) is 122 Å². The van der Waals surface area contributed by atoms with E-state index in [2.05, 4.69) is 142 Å². The molecule has 0 amide bonds. The average Bonchev–Trinajstić information content (AvgIpc) is 3.43. The Bertz CT molecular complexity index is 1650. The Morgan fingerprint density at radius 2 is 0.558 bits per heavy atom. The van der Waals surface area contributed by atoms with Crippen molar-refractivity contribution in [3.05, 3.63) is 134 Å². The summed E-state index contributed by atoms with van der Waals surface area (Å²) >= 11 is 0. The van der Waals surface area contributed by atoms with Crippen molar-refractivity contribution < 1.29 is 28.6 Å². The van der Waals surface area contributed by atoms with Crippen LogP contribution in [0.2, 0.25) is 0 Å². The van der Waals surface area contributed by atoms with Crippen LogP contribution in [0.15, 0.2) is 134 Å². The molecule has 0 saturated carbocycles. The molecule has 6 nitrogen and oxygen atoms in total.